The molecule has 2 aromatic rings. The fourth-order valence-electron chi connectivity index (χ4n) is 1.73. The number of amides is 1. The number of rotatable bonds is 4. The van der Waals surface area contributed by atoms with Crippen LogP contribution in [0.1, 0.15) is 12.8 Å². The Hall–Kier alpha value is -1.65. The van der Waals surface area contributed by atoms with Crippen molar-refractivity contribution < 1.29 is 4.79 Å². The first-order valence-corrected chi connectivity index (χ1v) is 6.12. The number of nitrogens with zero attached hydrogens (tertiary/aromatic N) is 1. The van der Waals surface area contributed by atoms with Gasteiger partial charge in [-0.3, -0.25) is 9.78 Å². The Balaban J connectivity index is 2.29. The van der Waals surface area contributed by atoms with Crippen LogP contribution in [-0.4, -0.2) is 17.4 Å². The van der Waals surface area contributed by atoms with Gasteiger partial charge in [0.15, 0.2) is 0 Å². The van der Waals surface area contributed by atoms with Crippen molar-refractivity contribution in [3.8, 4) is 0 Å². The number of nitrogens with one attached hydrogen (secondary N) is 1. The third-order valence-electron chi connectivity index (χ3n) is 2.55. The number of halogens is 1. The summed E-state index contributed by atoms with van der Waals surface area (Å²) >= 11 is 6.01. The van der Waals surface area contributed by atoms with Crippen molar-refractivity contribution in [1.29, 1.82) is 0 Å². The SMILES string of the molecule is NCCCC(=O)Nc1cc(Cl)cc2cccnc12. The average molecular weight is 264 g/mol. The van der Waals surface area contributed by atoms with Gasteiger partial charge in [-0.1, -0.05) is 17.7 Å². The Bertz CT molecular complexity index is 571. The van der Waals surface area contributed by atoms with E-state index in [1.807, 2.05) is 18.2 Å². The summed E-state index contributed by atoms with van der Waals surface area (Å²) in [5.41, 5.74) is 6.75. The minimum atomic E-state index is -0.0744. The lowest BCUT2D eigenvalue weighted by atomic mass is 10.2. The van der Waals surface area contributed by atoms with Gasteiger partial charge >= 0.3 is 0 Å². The van der Waals surface area contributed by atoms with Crippen molar-refractivity contribution in [3.05, 3.63) is 35.5 Å². The van der Waals surface area contributed by atoms with Crippen molar-refractivity contribution >= 4 is 34.1 Å². The molecule has 0 unspecified atom stereocenters. The van der Waals surface area contributed by atoms with Crippen molar-refractivity contribution in [2.24, 2.45) is 5.73 Å². The summed E-state index contributed by atoms with van der Waals surface area (Å²) in [6.45, 7) is 0.502. The number of carbonyl (C=O) groups is 1. The number of hydrogen-bond donors (Lipinski definition) is 2. The molecule has 0 fully saturated rings. The summed E-state index contributed by atoms with van der Waals surface area (Å²) < 4.78 is 0. The van der Waals surface area contributed by atoms with Gasteiger partial charge in [-0.15, -0.1) is 0 Å². The molecule has 5 heteroatoms. The van der Waals surface area contributed by atoms with E-state index in [4.69, 9.17) is 17.3 Å². The molecule has 1 aromatic heterocycles. The number of anilines is 1. The number of fused-ring (bicyclic) bond motifs is 1. The lowest BCUT2D eigenvalue weighted by Crippen LogP contribution is -2.13. The first-order valence-electron chi connectivity index (χ1n) is 5.75. The third kappa shape index (κ3) is 2.97. The Kier molecular flexibility index (Phi) is 4.12. The van der Waals surface area contributed by atoms with E-state index in [9.17, 15) is 4.79 Å². The maximum absolute atomic E-state index is 11.7. The van der Waals surface area contributed by atoms with E-state index in [1.165, 1.54) is 0 Å². The molecule has 18 heavy (non-hydrogen) atoms. The normalized spacial score (nSPS) is 10.6. The largest absolute Gasteiger partial charge is 0.330 e. The second-order valence-electron chi connectivity index (χ2n) is 3.97. The van der Waals surface area contributed by atoms with Crippen LogP contribution in [0.2, 0.25) is 5.02 Å². The van der Waals surface area contributed by atoms with Crippen LogP contribution in [0.15, 0.2) is 30.5 Å². The van der Waals surface area contributed by atoms with E-state index in [2.05, 4.69) is 10.3 Å². The first kappa shape index (κ1) is 12.8. The molecule has 4 nitrogen and oxygen atoms in total. The Morgan fingerprint density at radius 1 is 1.44 bits per heavy atom. The molecule has 0 bridgehead atoms. The molecule has 2 rings (SSSR count). The van der Waals surface area contributed by atoms with Crippen molar-refractivity contribution in [2.75, 3.05) is 11.9 Å². The van der Waals surface area contributed by atoms with Crippen LogP contribution in [0.5, 0.6) is 0 Å². The maximum atomic E-state index is 11.7. The van der Waals surface area contributed by atoms with Gasteiger partial charge in [0.25, 0.3) is 0 Å². The molecule has 0 radical (unpaired) electrons. The van der Waals surface area contributed by atoms with Crippen LogP contribution in [0.25, 0.3) is 10.9 Å². The maximum Gasteiger partial charge on any atom is 0.224 e. The van der Waals surface area contributed by atoms with Crippen molar-refractivity contribution in [1.82, 2.24) is 4.98 Å². The highest BCUT2D eigenvalue weighted by molar-refractivity contribution is 6.32. The topological polar surface area (TPSA) is 68.0 Å². The number of hydrogen-bond acceptors (Lipinski definition) is 3. The van der Waals surface area contributed by atoms with Crippen LogP contribution >= 0.6 is 11.6 Å². The highest BCUT2D eigenvalue weighted by atomic mass is 35.5. The number of benzene rings is 1. The van der Waals surface area contributed by atoms with E-state index in [-0.39, 0.29) is 5.91 Å². The molecule has 0 saturated heterocycles. The molecule has 0 spiro atoms. The van der Waals surface area contributed by atoms with Gasteiger partial charge in [0.1, 0.15) is 0 Å². The lowest BCUT2D eigenvalue weighted by molar-refractivity contribution is -0.116. The second kappa shape index (κ2) is 5.80. The van der Waals surface area contributed by atoms with Crippen LogP contribution in [0, 0.1) is 0 Å². The van der Waals surface area contributed by atoms with Gasteiger partial charge < -0.3 is 11.1 Å². The zero-order chi connectivity index (χ0) is 13.0. The summed E-state index contributed by atoms with van der Waals surface area (Å²) in [6.07, 6.45) is 2.75. The summed E-state index contributed by atoms with van der Waals surface area (Å²) in [7, 11) is 0. The number of aromatic nitrogens is 1. The molecule has 1 heterocycles. The monoisotopic (exact) mass is 263 g/mol. The van der Waals surface area contributed by atoms with Gasteiger partial charge in [-0.25, -0.2) is 0 Å². The van der Waals surface area contributed by atoms with E-state index < -0.39 is 0 Å². The molecule has 1 aromatic carbocycles. The summed E-state index contributed by atoms with van der Waals surface area (Å²) in [6, 6.07) is 7.26. The van der Waals surface area contributed by atoms with Crippen LogP contribution < -0.4 is 11.1 Å². The predicted octanol–water partition coefficient (Wildman–Crippen LogP) is 2.57. The average Bonchev–Trinajstić information content (AvgIpc) is 2.36. The highest BCUT2D eigenvalue weighted by Crippen LogP contribution is 2.26. The van der Waals surface area contributed by atoms with Crippen LogP contribution in [0.4, 0.5) is 5.69 Å². The summed E-state index contributed by atoms with van der Waals surface area (Å²) in [5, 5.41) is 4.29. The number of carbonyl (C=O) groups excluding carboxylic acids is 1. The second-order valence-corrected chi connectivity index (χ2v) is 4.41. The van der Waals surface area contributed by atoms with E-state index >= 15 is 0 Å². The van der Waals surface area contributed by atoms with Crippen LogP contribution in [-0.2, 0) is 4.79 Å². The molecular formula is C13H14ClN3O. The van der Waals surface area contributed by atoms with E-state index in [0.717, 1.165) is 10.9 Å². The van der Waals surface area contributed by atoms with E-state index in [1.54, 1.807) is 12.3 Å². The van der Waals surface area contributed by atoms with Gasteiger partial charge in [-0.2, -0.15) is 0 Å². The van der Waals surface area contributed by atoms with Gasteiger partial charge in [0, 0.05) is 23.0 Å². The standard InChI is InChI=1S/C13H14ClN3O/c14-10-7-9-3-2-6-16-13(9)11(8-10)17-12(18)4-1-5-15/h2-3,6-8H,1,4-5,15H2,(H,17,18). The zero-order valence-electron chi connectivity index (χ0n) is 9.82. The Morgan fingerprint density at radius 3 is 3.06 bits per heavy atom. The summed E-state index contributed by atoms with van der Waals surface area (Å²) in [4.78, 5) is 15.9. The van der Waals surface area contributed by atoms with Crippen molar-refractivity contribution in [3.63, 3.8) is 0 Å². The predicted molar refractivity (Wildman–Crippen MR) is 73.7 cm³/mol. The highest BCUT2D eigenvalue weighted by Gasteiger charge is 2.07. The molecular weight excluding hydrogens is 250 g/mol. The lowest BCUT2D eigenvalue weighted by Gasteiger charge is -2.08. The number of pyridine rings is 1. The third-order valence-corrected chi connectivity index (χ3v) is 2.77. The Labute approximate surface area is 110 Å². The molecule has 0 aliphatic carbocycles. The molecule has 0 saturated carbocycles. The van der Waals surface area contributed by atoms with E-state index in [0.29, 0.717) is 30.1 Å². The fraction of sp³-hybridized carbons (Fsp3) is 0.231. The molecule has 94 valence electrons. The number of nitrogens with two attached hydrogens (primary N) is 1. The molecule has 3 N–H and O–H groups in total. The zero-order valence-corrected chi connectivity index (χ0v) is 10.6. The fourth-order valence-corrected chi connectivity index (χ4v) is 1.95. The summed E-state index contributed by atoms with van der Waals surface area (Å²) in [5.74, 6) is -0.0744. The smallest absolute Gasteiger partial charge is 0.224 e. The minimum Gasteiger partial charge on any atom is -0.330 e. The van der Waals surface area contributed by atoms with Crippen LogP contribution in [0.3, 0.4) is 0 Å². The van der Waals surface area contributed by atoms with Crippen molar-refractivity contribution in [2.45, 2.75) is 12.8 Å². The first-order chi connectivity index (χ1) is 8.70. The molecule has 0 atom stereocenters. The van der Waals surface area contributed by atoms with Gasteiger partial charge in [0.2, 0.25) is 5.91 Å². The quantitative estimate of drug-likeness (QED) is 0.891. The molecule has 0 aliphatic heterocycles. The minimum absolute atomic E-state index is 0.0744. The molecule has 1 amide bonds. The Morgan fingerprint density at radius 2 is 2.28 bits per heavy atom. The van der Waals surface area contributed by atoms with Gasteiger partial charge in [-0.05, 0) is 31.2 Å². The van der Waals surface area contributed by atoms with Gasteiger partial charge in [0.05, 0.1) is 11.2 Å². The molecule has 0 aliphatic rings.